The minimum atomic E-state index is -0.341. The number of anilines is 2. The number of methoxy groups -OCH3 is 1. The number of ether oxygens (including phenoxy) is 1. The van der Waals surface area contributed by atoms with Crippen LogP contribution >= 0.6 is 0 Å². The van der Waals surface area contributed by atoms with Gasteiger partial charge in [-0.15, -0.1) is 0 Å². The van der Waals surface area contributed by atoms with Crippen LogP contribution in [0.1, 0.15) is 51.6 Å². The van der Waals surface area contributed by atoms with Crippen molar-refractivity contribution in [3.63, 3.8) is 0 Å². The van der Waals surface area contributed by atoms with Gasteiger partial charge in [-0.1, -0.05) is 24.3 Å². The summed E-state index contributed by atoms with van der Waals surface area (Å²) in [6.45, 7) is 5.26. The molecule has 2 heterocycles. The van der Waals surface area contributed by atoms with E-state index in [1.165, 1.54) is 25.1 Å². The average molecular weight is 527 g/mol. The fourth-order valence-corrected chi connectivity index (χ4v) is 4.38. The average Bonchev–Trinajstić information content (AvgIpc) is 2.91. The van der Waals surface area contributed by atoms with E-state index < -0.39 is 0 Å². The zero-order valence-electron chi connectivity index (χ0n) is 22.6. The van der Waals surface area contributed by atoms with Crippen LogP contribution in [0, 0.1) is 0 Å². The second-order valence-corrected chi connectivity index (χ2v) is 9.64. The van der Waals surface area contributed by atoms with Gasteiger partial charge in [0.2, 0.25) is 0 Å². The van der Waals surface area contributed by atoms with E-state index in [2.05, 4.69) is 32.7 Å². The molecular formula is C30H34N6O3. The number of aliphatic imine (C=N–C) groups is 1. The molecule has 3 aromatic rings. The third-order valence-electron chi connectivity index (χ3n) is 6.49. The molecule has 0 atom stereocenters. The number of nitrogens with zero attached hydrogens (tertiary/aromatic N) is 3. The fraction of sp³-hybridized carbons (Fsp3) is 0.267. The first-order valence-electron chi connectivity index (χ1n) is 12.8. The van der Waals surface area contributed by atoms with Crippen LogP contribution in [0.2, 0.25) is 0 Å². The molecule has 2 amide bonds. The fourth-order valence-electron chi connectivity index (χ4n) is 4.38. The largest absolute Gasteiger partial charge is 0.495 e. The van der Waals surface area contributed by atoms with Crippen molar-refractivity contribution in [3.8, 4) is 5.75 Å². The summed E-state index contributed by atoms with van der Waals surface area (Å²) in [7, 11) is 3.23. The molecular weight excluding hydrogens is 492 g/mol. The molecule has 9 nitrogen and oxygen atoms in total. The number of carbonyl (C=O) groups is 2. The number of aromatic nitrogens is 1. The molecule has 0 spiro atoms. The number of benzene rings is 2. The van der Waals surface area contributed by atoms with Crippen LogP contribution in [0.15, 0.2) is 72.0 Å². The monoisotopic (exact) mass is 526 g/mol. The molecule has 1 fully saturated rings. The summed E-state index contributed by atoms with van der Waals surface area (Å²) >= 11 is 0. The maximum atomic E-state index is 13.2. The van der Waals surface area contributed by atoms with Gasteiger partial charge in [0.15, 0.2) is 0 Å². The summed E-state index contributed by atoms with van der Waals surface area (Å²) in [5.41, 5.74) is 10.0. The van der Waals surface area contributed by atoms with Crippen molar-refractivity contribution >= 4 is 35.1 Å². The van der Waals surface area contributed by atoms with Crippen molar-refractivity contribution in [2.24, 2.45) is 10.7 Å². The molecule has 0 bridgehead atoms. The van der Waals surface area contributed by atoms with Crippen LogP contribution in [-0.4, -0.2) is 61.2 Å². The van der Waals surface area contributed by atoms with Gasteiger partial charge in [-0.3, -0.25) is 14.6 Å². The number of nitrogens with one attached hydrogen (secondary N) is 2. The lowest BCUT2D eigenvalue weighted by atomic mass is 9.89. The number of hydrogen-bond acceptors (Lipinski definition) is 7. The van der Waals surface area contributed by atoms with Crippen molar-refractivity contribution in [2.45, 2.75) is 25.8 Å². The lowest BCUT2D eigenvalue weighted by molar-refractivity contribution is 0.0602. The summed E-state index contributed by atoms with van der Waals surface area (Å²) in [6.07, 6.45) is 4.77. The smallest absolute Gasteiger partial charge is 0.257 e. The molecule has 4 rings (SSSR count). The number of nitrogens with two attached hydrogens (primary N) is 1. The van der Waals surface area contributed by atoms with Gasteiger partial charge in [-0.2, -0.15) is 0 Å². The number of likely N-dealkylation sites (tertiary alicyclic amines) is 1. The van der Waals surface area contributed by atoms with Gasteiger partial charge in [0.25, 0.3) is 11.8 Å². The Bertz CT molecular complexity index is 1370. The standard InChI is InChI=1S/C30H34N6O3/c1-19(2)34-28-12-10-23(16-33-28)29(37)35-26-13-22(9-11-27(26)39-4)30(38)36-17-25(18-36)21-7-5-20(6-8-21)24(14-31)15-32-3/h5-16,19,25H,17-18,31H2,1-4H3,(H,33,34)(H,35,37). The molecule has 0 unspecified atom stereocenters. The van der Waals surface area contributed by atoms with Crippen molar-refractivity contribution in [1.82, 2.24) is 9.88 Å². The quantitative estimate of drug-likeness (QED) is 0.355. The Kier molecular flexibility index (Phi) is 8.60. The predicted octanol–water partition coefficient (Wildman–Crippen LogP) is 4.40. The summed E-state index contributed by atoms with van der Waals surface area (Å²) < 4.78 is 5.42. The minimum absolute atomic E-state index is 0.0979. The van der Waals surface area contributed by atoms with Gasteiger partial charge in [-0.05, 0) is 55.3 Å². The van der Waals surface area contributed by atoms with E-state index in [0.717, 1.165) is 11.1 Å². The lowest BCUT2D eigenvalue weighted by Gasteiger charge is -2.39. The SMILES string of the molecule is CN=CC(=CN)c1ccc(C2CN(C(=O)c3ccc(OC)c(NC(=O)c4ccc(NC(C)C)nc4)c3)C2)cc1. The Morgan fingerprint density at radius 1 is 1.08 bits per heavy atom. The van der Waals surface area contributed by atoms with Gasteiger partial charge < -0.3 is 26.0 Å². The molecule has 4 N–H and O–H groups in total. The Hall–Kier alpha value is -4.66. The van der Waals surface area contributed by atoms with Crippen molar-refractivity contribution < 1.29 is 14.3 Å². The molecule has 1 aromatic heterocycles. The summed E-state index contributed by atoms with van der Waals surface area (Å²) in [5, 5.41) is 6.04. The third kappa shape index (κ3) is 6.43. The van der Waals surface area contributed by atoms with E-state index in [1.807, 2.05) is 26.0 Å². The zero-order valence-corrected chi connectivity index (χ0v) is 22.6. The number of rotatable bonds is 9. The highest BCUT2D eigenvalue weighted by Gasteiger charge is 2.32. The Morgan fingerprint density at radius 2 is 1.77 bits per heavy atom. The number of pyridine rings is 1. The number of carbonyl (C=O) groups excluding carboxylic acids is 2. The normalized spacial score (nSPS) is 13.9. The van der Waals surface area contributed by atoms with Crippen LogP contribution < -0.4 is 21.1 Å². The molecule has 1 aliphatic heterocycles. The van der Waals surface area contributed by atoms with E-state index in [0.29, 0.717) is 41.5 Å². The van der Waals surface area contributed by atoms with E-state index in [9.17, 15) is 9.59 Å². The molecule has 39 heavy (non-hydrogen) atoms. The van der Waals surface area contributed by atoms with E-state index in [1.54, 1.807) is 48.5 Å². The number of amides is 2. The highest BCUT2D eigenvalue weighted by molar-refractivity contribution is 6.09. The van der Waals surface area contributed by atoms with E-state index in [-0.39, 0.29) is 23.8 Å². The van der Waals surface area contributed by atoms with Crippen LogP contribution in [0.3, 0.4) is 0 Å². The highest BCUT2D eigenvalue weighted by Crippen LogP contribution is 2.31. The predicted molar refractivity (Wildman–Crippen MR) is 156 cm³/mol. The topological polar surface area (TPSA) is 122 Å². The Labute approximate surface area is 228 Å². The minimum Gasteiger partial charge on any atom is -0.495 e. The molecule has 0 aliphatic carbocycles. The van der Waals surface area contributed by atoms with Crippen LogP contribution in [-0.2, 0) is 0 Å². The maximum absolute atomic E-state index is 13.2. The Morgan fingerprint density at radius 3 is 2.36 bits per heavy atom. The zero-order chi connectivity index (χ0) is 27.9. The van der Waals surface area contributed by atoms with Crippen molar-refractivity contribution in [2.75, 3.05) is 37.9 Å². The molecule has 0 radical (unpaired) electrons. The molecule has 202 valence electrons. The van der Waals surface area contributed by atoms with Crippen LogP contribution in [0.4, 0.5) is 11.5 Å². The second kappa shape index (κ2) is 12.3. The van der Waals surface area contributed by atoms with Gasteiger partial charge >= 0.3 is 0 Å². The first-order chi connectivity index (χ1) is 18.8. The van der Waals surface area contributed by atoms with Gasteiger partial charge in [0.1, 0.15) is 11.6 Å². The Balaban J connectivity index is 1.41. The van der Waals surface area contributed by atoms with Gasteiger partial charge in [0.05, 0.1) is 18.4 Å². The summed E-state index contributed by atoms with van der Waals surface area (Å²) in [5.74, 6) is 0.975. The van der Waals surface area contributed by atoms with Gasteiger partial charge in [0, 0.05) is 61.8 Å². The molecule has 2 aromatic carbocycles. The van der Waals surface area contributed by atoms with Crippen molar-refractivity contribution in [3.05, 3.63) is 89.2 Å². The molecule has 1 saturated heterocycles. The first kappa shape index (κ1) is 27.4. The summed E-state index contributed by atoms with van der Waals surface area (Å²) in [6, 6.07) is 16.9. The lowest BCUT2D eigenvalue weighted by Crippen LogP contribution is -2.48. The number of hydrogen-bond donors (Lipinski definition) is 3. The van der Waals surface area contributed by atoms with Crippen molar-refractivity contribution in [1.29, 1.82) is 0 Å². The molecule has 0 saturated carbocycles. The molecule has 9 heteroatoms. The van der Waals surface area contributed by atoms with Gasteiger partial charge in [-0.25, -0.2) is 4.98 Å². The second-order valence-electron chi connectivity index (χ2n) is 9.64. The highest BCUT2D eigenvalue weighted by atomic mass is 16.5. The molecule has 1 aliphatic rings. The number of allylic oxidation sites excluding steroid dienone is 1. The van der Waals surface area contributed by atoms with Crippen LogP contribution in [0.5, 0.6) is 5.75 Å². The van der Waals surface area contributed by atoms with E-state index >= 15 is 0 Å². The first-order valence-corrected chi connectivity index (χ1v) is 12.8. The van der Waals surface area contributed by atoms with E-state index in [4.69, 9.17) is 10.5 Å². The maximum Gasteiger partial charge on any atom is 0.257 e. The summed E-state index contributed by atoms with van der Waals surface area (Å²) in [4.78, 5) is 36.2. The van der Waals surface area contributed by atoms with Crippen LogP contribution in [0.25, 0.3) is 5.57 Å². The third-order valence-corrected chi connectivity index (χ3v) is 6.49.